The Bertz CT molecular complexity index is 1200. The fourth-order valence-corrected chi connectivity index (χ4v) is 7.20. The second kappa shape index (κ2) is 13.1. The van der Waals surface area contributed by atoms with Crippen molar-refractivity contribution in [3.05, 3.63) is 61.0 Å². The van der Waals surface area contributed by atoms with Gasteiger partial charge in [-0.1, -0.05) is 62.3 Å². The van der Waals surface area contributed by atoms with Crippen molar-refractivity contribution in [3.8, 4) is 11.5 Å². The van der Waals surface area contributed by atoms with Gasteiger partial charge in [0.05, 0.1) is 23.1 Å². The summed E-state index contributed by atoms with van der Waals surface area (Å²) in [4.78, 5) is 21.5. The summed E-state index contributed by atoms with van der Waals surface area (Å²) in [6.45, 7) is 0.388. The molecule has 0 aromatic heterocycles. The van der Waals surface area contributed by atoms with Gasteiger partial charge in [0.1, 0.15) is 6.61 Å². The summed E-state index contributed by atoms with van der Waals surface area (Å²) < 4.78 is 12.9. The number of aliphatic imine (C=N–C) groups is 1. The minimum atomic E-state index is 0.0607. The molecule has 3 fully saturated rings. The van der Waals surface area contributed by atoms with E-state index >= 15 is 0 Å². The highest BCUT2D eigenvalue weighted by Gasteiger charge is 2.39. The first kappa shape index (κ1) is 27.8. The maximum atomic E-state index is 13.7. The number of hydrogen-bond acceptors (Lipinski definition) is 5. The Morgan fingerprint density at radius 1 is 1.05 bits per heavy atom. The fourth-order valence-electron chi connectivity index (χ4n) is 5.45. The first-order chi connectivity index (χ1) is 18.5. The number of halogens is 2. The van der Waals surface area contributed by atoms with Crippen LogP contribution in [0.15, 0.2) is 46.3 Å². The molecular formula is C30H34ClIN2O3S. The molecule has 3 aliphatic rings. The van der Waals surface area contributed by atoms with Gasteiger partial charge in [0.25, 0.3) is 5.91 Å². The third-order valence-corrected chi connectivity index (χ3v) is 9.49. The number of carbonyl (C=O) groups excluding carboxylic acids is 1. The molecule has 0 spiro atoms. The van der Waals surface area contributed by atoms with Gasteiger partial charge in [-0.3, -0.25) is 14.7 Å². The van der Waals surface area contributed by atoms with Gasteiger partial charge in [0, 0.05) is 9.61 Å². The quantitative estimate of drug-likeness (QED) is 0.220. The van der Waals surface area contributed by atoms with Gasteiger partial charge in [-0.2, -0.15) is 0 Å². The summed E-state index contributed by atoms with van der Waals surface area (Å²) in [6.07, 6.45) is 13.6. The summed E-state index contributed by atoms with van der Waals surface area (Å²) >= 11 is 10.5. The molecule has 1 saturated heterocycles. The van der Waals surface area contributed by atoms with E-state index < -0.39 is 0 Å². The summed E-state index contributed by atoms with van der Waals surface area (Å²) in [7, 11) is 1.61. The number of thioether (sulfide) groups is 1. The van der Waals surface area contributed by atoms with E-state index in [-0.39, 0.29) is 11.9 Å². The predicted octanol–water partition coefficient (Wildman–Crippen LogP) is 8.47. The molecule has 1 heterocycles. The Hall–Kier alpha value is -1.71. The molecule has 5 rings (SSSR count). The minimum Gasteiger partial charge on any atom is -0.493 e. The molecule has 1 amide bonds. The summed E-state index contributed by atoms with van der Waals surface area (Å²) in [5.41, 5.74) is 1.86. The second-order valence-electron chi connectivity index (χ2n) is 10.2. The van der Waals surface area contributed by atoms with Crippen LogP contribution in [0.3, 0.4) is 0 Å². The van der Waals surface area contributed by atoms with Gasteiger partial charge in [-0.15, -0.1) is 0 Å². The van der Waals surface area contributed by atoms with Gasteiger partial charge in [0.15, 0.2) is 16.7 Å². The van der Waals surface area contributed by atoms with E-state index in [4.69, 9.17) is 26.1 Å². The number of nitrogens with zero attached hydrogens (tertiary/aromatic N) is 2. The Labute approximate surface area is 248 Å². The number of carbonyl (C=O) groups is 1. The Morgan fingerprint density at radius 2 is 1.74 bits per heavy atom. The highest BCUT2D eigenvalue weighted by atomic mass is 127. The third kappa shape index (κ3) is 6.70. The molecule has 2 aliphatic carbocycles. The molecule has 0 radical (unpaired) electrons. The largest absolute Gasteiger partial charge is 0.493 e. The SMILES string of the molecule is COc1cc(C=C2SC(=NC3CCCCC3)N(C3CCCCC3)C2=O)cc(Cl)c1OCc1ccc(I)cc1. The molecule has 38 heavy (non-hydrogen) atoms. The van der Waals surface area contributed by atoms with Crippen LogP contribution in [-0.2, 0) is 11.4 Å². The molecule has 202 valence electrons. The van der Waals surface area contributed by atoms with Crippen molar-refractivity contribution in [2.45, 2.75) is 82.9 Å². The molecule has 0 atom stereocenters. The molecule has 5 nitrogen and oxygen atoms in total. The van der Waals surface area contributed by atoms with Crippen molar-refractivity contribution in [2.24, 2.45) is 4.99 Å². The number of hydrogen-bond donors (Lipinski definition) is 0. The van der Waals surface area contributed by atoms with Crippen LogP contribution >= 0.6 is 46.0 Å². The van der Waals surface area contributed by atoms with Crippen molar-refractivity contribution in [3.63, 3.8) is 0 Å². The molecule has 2 saturated carbocycles. The number of ether oxygens (including phenoxy) is 2. The van der Waals surface area contributed by atoms with Gasteiger partial charge >= 0.3 is 0 Å². The van der Waals surface area contributed by atoms with Crippen LogP contribution in [0.4, 0.5) is 0 Å². The van der Waals surface area contributed by atoms with E-state index in [1.54, 1.807) is 7.11 Å². The number of methoxy groups -OCH3 is 1. The van der Waals surface area contributed by atoms with Crippen molar-refractivity contribution < 1.29 is 14.3 Å². The van der Waals surface area contributed by atoms with E-state index in [1.165, 1.54) is 53.9 Å². The van der Waals surface area contributed by atoms with Gasteiger partial charge in [-0.25, -0.2) is 0 Å². The fraction of sp³-hybridized carbons (Fsp3) is 0.467. The predicted molar refractivity (Wildman–Crippen MR) is 165 cm³/mol. The van der Waals surface area contributed by atoms with Crippen molar-refractivity contribution in [1.82, 2.24) is 4.90 Å². The van der Waals surface area contributed by atoms with E-state index in [0.717, 1.165) is 42.0 Å². The normalized spacial score (nSPS) is 21.4. The van der Waals surface area contributed by atoms with Gasteiger partial charge < -0.3 is 9.47 Å². The van der Waals surface area contributed by atoms with E-state index in [2.05, 4.69) is 22.6 Å². The average molecular weight is 665 g/mol. The number of benzene rings is 2. The molecule has 0 unspecified atom stereocenters. The zero-order chi connectivity index (χ0) is 26.5. The molecule has 2 aromatic rings. The Morgan fingerprint density at radius 3 is 2.42 bits per heavy atom. The van der Waals surface area contributed by atoms with Crippen molar-refractivity contribution >= 4 is 63.1 Å². The molecule has 0 N–H and O–H groups in total. The van der Waals surface area contributed by atoms with Crippen LogP contribution in [0.2, 0.25) is 5.02 Å². The molecule has 0 bridgehead atoms. The molecule has 2 aromatic carbocycles. The standard InChI is InChI=1S/C30H34ClIN2O3S/c1-36-26-17-21(16-25(31)28(26)37-19-20-12-14-22(32)15-13-20)18-27-29(35)34(24-10-6-3-7-11-24)30(38-27)33-23-8-4-2-5-9-23/h12-18,23-24H,2-11,19H2,1H3. The van der Waals surface area contributed by atoms with Crippen molar-refractivity contribution in [2.75, 3.05) is 7.11 Å². The highest BCUT2D eigenvalue weighted by molar-refractivity contribution is 14.1. The zero-order valence-electron chi connectivity index (χ0n) is 21.8. The van der Waals surface area contributed by atoms with E-state index in [1.807, 2.05) is 47.4 Å². The van der Waals surface area contributed by atoms with Crippen LogP contribution in [0, 0.1) is 3.57 Å². The lowest BCUT2D eigenvalue weighted by molar-refractivity contribution is -0.124. The summed E-state index contributed by atoms with van der Waals surface area (Å²) in [6, 6.07) is 12.5. The smallest absolute Gasteiger partial charge is 0.266 e. The van der Waals surface area contributed by atoms with Crippen LogP contribution < -0.4 is 9.47 Å². The Kier molecular flexibility index (Phi) is 9.59. The maximum absolute atomic E-state index is 13.7. The van der Waals surface area contributed by atoms with Gasteiger partial charge in [-0.05, 0) is 102 Å². The monoisotopic (exact) mass is 664 g/mol. The third-order valence-electron chi connectivity index (χ3n) is 7.49. The minimum absolute atomic E-state index is 0.0607. The second-order valence-corrected chi connectivity index (χ2v) is 12.9. The molecular weight excluding hydrogens is 631 g/mol. The van der Waals surface area contributed by atoms with E-state index in [0.29, 0.717) is 34.1 Å². The summed E-state index contributed by atoms with van der Waals surface area (Å²) in [5, 5.41) is 1.34. The highest BCUT2D eigenvalue weighted by Crippen LogP contribution is 2.41. The van der Waals surface area contributed by atoms with Crippen LogP contribution in [0.1, 0.15) is 75.3 Å². The Balaban J connectivity index is 1.39. The number of amidine groups is 1. The van der Waals surface area contributed by atoms with E-state index in [9.17, 15) is 4.79 Å². The number of rotatable bonds is 7. The maximum Gasteiger partial charge on any atom is 0.266 e. The van der Waals surface area contributed by atoms with Crippen LogP contribution in [0.5, 0.6) is 11.5 Å². The van der Waals surface area contributed by atoms with Crippen LogP contribution in [0.25, 0.3) is 6.08 Å². The van der Waals surface area contributed by atoms with Crippen LogP contribution in [-0.4, -0.2) is 35.2 Å². The zero-order valence-corrected chi connectivity index (χ0v) is 25.5. The molecule has 8 heteroatoms. The lowest BCUT2D eigenvalue weighted by atomic mass is 9.94. The summed E-state index contributed by atoms with van der Waals surface area (Å²) in [5.74, 6) is 1.11. The average Bonchev–Trinajstić information content (AvgIpc) is 3.23. The van der Waals surface area contributed by atoms with Crippen molar-refractivity contribution in [1.29, 1.82) is 0 Å². The molecule has 1 aliphatic heterocycles. The van der Waals surface area contributed by atoms with Gasteiger partial charge in [0.2, 0.25) is 0 Å². The first-order valence-electron chi connectivity index (χ1n) is 13.6. The lowest BCUT2D eigenvalue weighted by Gasteiger charge is -2.31. The first-order valence-corrected chi connectivity index (χ1v) is 15.8. The number of amides is 1. The topological polar surface area (TPSA) is 51.1 Å². The lowest BCUT2D eigenvalue weighted by Crippen LogP contribution is -2.41.